The highest BCUT2D eigenvalue weighted by Crippen LogP contribution is 2.38. The van der Waals surface area contributed by atoms with Crippen LogP contribution in [0.2, 0.25) is 0 Å². The van der Waals surface area contributed by atoms with Crippen LogP contribution in [-0.4, -0.2) is 40.0 Å². The number of benzene rings is 3. The Labute approximate surface area is 220 Å². The van der Waals surface area contributed by atoms with Crippen LogP contribution >= 0.6 is 0 Å². The summed E-state index contributed by atoms with van der Waals surface area (Å²) in [4.78, 5) is 10.8. The first-order chi connectivity index (χ1) is 18.0. The van der Waals surface area contributed by atoms with Crippen molar-refractivity contribution < 1.29 is 28.3 Å². The number of carbonyl (C=O) groups is 1. The summed E-state index contributed by atoms with van der Waals surface area (Å²) < 4.78 is 29.8. The molecule has 0 amide bonds. The van der Waals surface area contributed by atoms with Crippen LogP contribution in [0, 0.1) is 5.92 Å². The minimum atomic E-state index is -0.794. The van der Waals surface area contributed by atoms with Crippen molar-refractivity contribution >= 4 is 16.8 Å². The molecule has 2 heterocycles. The van der Waals surface area contributed by atoms with Crippen molar-refractivity contribution in [3.63, 3.8) is 0 Å². The number of fused-ring (bicyclic) bond motifs is 3. The van der Waals surface area contributed by atoms with Gasteiger partial charge in [-0.3, -0.25) is 9.00 Å². The van der Waals surface area contributed by atoms with E-state index in [1.807, 2.05) is 42.5 Å². The summed E-state index contributed by atoms with van der Waals surface area (Å²) in [6, 6.07) is 20.0. The second kappa shape index (κ2) is 11.8. The van der Waals surface area contributed by atoms with Gasteiger partial charge in [0.15, 0.2) is 0 Å². The molecule has 6 nitrogen and oxygen atoms in total. The Hall–Kier alpha value is -3.32. The highest BCUT2D eigenvalue weighted by molar-refractivity contribution is 7.85. The van der Waals surface area contributed by atoms with E-state index in [9.17, 15) is 9.00 Å². The molecule has 0 aromatic heterocycles. The van der Waals surface area contributed by atoms with Crippen molar-refractivity contribution in [2.45, 2.75) is 38.7 Å². The Balaban J connectivity index is 1.24. The lowest BCUT2D eigenvalue weighted by atomic mass is 9.96. The monoisotopic (exact) mass is 520 g/mol. The fourth-order valence-electron chi connectivity index (χ4n) is 4.80. The molecule has 2 aliphatic heterocycles. The molecule has 0 unspecified atom stereocenters. The van der Waals surface area contributed by atoms with E-state index in [4.69, 9.17) is 19.3 Å². The molecule has 7 heteroatoms. The molecule has 2 aliphatic rings. The van der Waals surface area contributed by atoms with Crippen molar-refractivity contribution in [3.05, 3.63) is 77.4 Å². The maximum Gasteiger partial charge on any atom is 0.303 e. The van der Waals surface area contributed by atoms with Gasteiger partial charge in [0.05, 0.1) is 13.2 Å². The molecule has 1 N–H and O–H groups in total. The lowest BCUT2D eigenvalue weighted by molar-refractivity contribution is -0.136. The van der Waals surface area contributed by atoms with E-state index >= 15 is 0 Å². The van der Waals surface area contributed by atoms with Gasteiger partial charge in [-0.15, -0.1) is 0 Å². The predicted molar refractivity (Wildman–Crippen MR) is 144 cm³/mol. The van der Waals surface area contributed by atoms with Crippen LogP contribution in [-0.2, 0) is 35.0 Å². The molecule has 0 atom stereocenters. The topological polar surface area (TPSA) is 82.1 Å². The average Bonchev–Trinajstić information content (AvgIpc) is 3.09. The van der Waals surface area contributed by atoms with Gasteiger partial charge in [0.25, 0.3) is 0 Å². The molecule has 0 spiro atoms. The van der Waals surface area contributed by atoms with E-state index in [0.29, 0.717) is 32.2 Å². The molecule has 1 saturated heterocycles. The summed E-state index contributed by atoms with van der Waals surface area (Å²) in [6.07, 6.45) is 3.38. The third kappa shape index (κ3) is 6.72. The third-order valence-corrected chi connectivity index (χ3v) is 8.37. The van der Waals surface area contributed by atoms with Crippen LogP contribution in [0.3, 0.4) is 0 Å². The molecule has 0 aliphatic carbocycles. The van der Waals surface area contributed by atoms with Crippen LogP contribution in [0.25, 0.3) is 11.1 Å². The van der Waals surface area contributed by atoms with Crippen molar-refractivity contribution in [1.29, 1.82) is 0 Å². The number of carboxylic acids is 1. The smallest absolute Gasteiger partial charge is 0.303 e. The third-order valence-electron chi connectivity index (χ3n) is 6.99. The van der Waals surface area contributed by atoms with Gasteiger partial charge in [0, 0.05) is 40.7 Å². The van der Waals surface area contributed by atoms with Crippen LogP contribution in [0.4, 0.5) is 0 Å². The Kier molecular flexibility index (Phi) is 8.09. The highest BCUT2D eigenvalue weighted by Gasteiger charge is 2.20. The van der Waals surface area contributed by atoms with E-state index in [1.54, 1.807) is 0 Å². The molecule has 3 aromatic carbocycles. The Morgan fingerprint density at radius 1 is 0.919 bits per heavy atom. The van der Waals surface area contributed by atoms with E-state index in [0.717, 1.165) is 70.3 Å². The summed E-state index contributed by atoms with van der Waals surface area (Å²) >= 11 is 0. The second-order valence-corrected chi connectivity index (χ2v) is 11.4. The van der Waals surface area contributed by atoms with Gasteiger partial charge in [0.2, 0.25) is 0 Å². The zero-order valence-corrected chi connectivity index (χ0v) is 21.6. The summed E-state index contributed by atoms with van der Waals surface area (Å²) in [6.45, 7) is 1.71. The number of hydrogen-bond donors (Lipinski definition) is 1. The molecule has 5 rings (SSSR count). The first kappa shape index (κ1) is 25.3. The minimum absolute atomic E-state index is 0.121. The molecule has 37 heavy (non-hydrogen) atoms. The molecular formula is C30H32O6S. The number of hydrogen-bond acceptors (Lipinski definition) is 5. The average molecular weight is 521 g/mol. The maximum absolute atomic E-state index is 11.6. The van der Waals surface area contributed by atoms with Gasteiger partial charge >= 0.3 is 5.97 Å². The van der Waals surface area contributed by atoms with E-state index in [2.05, 4.69) is 18.2 Å². The number of carboxylic acid groups (broad SMARTS) is 1. The first-order valence-corrected chi connectivity index (χ1v) is 14.3. The van der Waals surface area contributed by atoms with Gasteiger partial charge in [-0.25, -0.2) is 0 Å². The van der Waals surface area contributed by atoms with Crippen LogP contribution in [0.15, 0.2) is 60.7 Å². The van der Waals surface area contributed by atoms with Gasteiger partial charge in [0.1, 0.15) is 23.9 Å². The van der Waals surface area contributed by atoms with Gasteiger partial charge in [-0.05, 0) is 83.8 Å². The fraction of sp³-hybridized carbons (Fsp3) is 0.367. The van der Waals surface area contributed by atoms with Crippen molar-refractivity contribution in [2.75, 3.05) is 24.7 Å². The molecule has 0 saturated carbocycles. The Morgan fingerprint density at radius 3 is 2.46 bits per heavy atom. The first-order valence-electron chi connectivity index (χ1n) is 12.8. The van der Waals surface area contributed by atoms with Crippen molar-refractivity contribution in [3.8, 4) is 28.4 Å². The Morgan fingerprint density at radius 2 is 1.68 bits per heavy atom. The molecule has 0 radical (unpaired) electrons. The van der Waals surface area contributed by atoms with Crippen molar-refractivity contribution in [2.24, 2.45) is 5.92 Å². The van der Waals surface area contributed by atoms with Gasteiger partial charge in [-0.1, -0.05) is 24.3 Å². The zero-order valence-electron chi connectivity index (χ0n) is 20.8. The lowest BCUT2D eigenvalue weighted by Gasteiger charge is -2.21. The fourth-order valence-corrected chi connectivity index (χ4v) is 6.19. The van der Waals surface area contributed by atoms with Gasteiger partial charge in [-0.2, -0.15) is 0 Å². The van der Waals surface area contributed by atoms with Crippen molar-refractivity contribution in [1.82, 2.24) is 0 Å². The summed E-state index contributed by atoms with van der Waals surface area (Å²) in [5.41, 5.74) is 5.43. The van der Waals surface area contributed by atoms with Gasteiger partial charge < -0.3 is 19.3 Å². The maximum atomic E-state index is 11.6. The summed E-state index contributed by atoms with van der Waals surface area (Å²) in [5, 5.41) is 8.85. The Bertz CT molecular complexity index is 1260. The van der Waals surface area contributed by atoms with E-state index in [-0.39, 0.29) is 6.42 Å². The molecule has 0 bridgehead atoms. The molecular weight excluding hydrogens is 488 g/mol. The standard InChI is InChI=1S/C30H32O6S/c31-30(32)10-4-21-1-5-25(6-2-21)35-20-23-3-9-29-28(17-23)27-8-7-26(18-24(27)11-14-34-29)36-19-22-12-15-37(33)16-13-22/h1-3,5-9,17-18,22H,4,10-16,19-20H2,(H,31,32). The molecule has 194 valence electrons. The largest absolute Gasteiger partial charge is 0.493 e. The predicted octanol–water partition coefficient (Wildman–Crippen LogP) is 5.42. The molecule has 3 aromatic rings. The van der Waals surface area contributed by atoms with Crippen LogP contribution < -0.4 is 14.2 Å². The summed E-state index contributed by atoms with van der Waals surface area (Å²) in [7, 11) is -0.648. The summed E-state index contributed by atoms with van der Waals surface area (Å²) in [5.74, 6) is 3.75. The number of rotatable bonds is 9. The quantitative estimate of drug-likeness (QED) is 0.406. The second-order valence-electron chi connectivity index (χ2n) is 9.68. The van der Waals surface area contributed by atoms with E-state index in [1.165, 1.54) is 5.56 Å². The number of aryl methyl sites for hydroxylation is 1. The number of ether oxygens (including phenoxy) is 3. The number of aliphatic carboxylic acids is 1. The SMILES string of the molecule is O=C(O)CCc1ccc(OCc2ccc3c(c2)-c2ccc(OCC4CCS(=O)CC4)cc2CCO3)cc1. The normalized spacial score (nSPS) is 18.6. The minimum Gasteiger partial charge on any atom is -0.493 e. The molecule has 1 fully saturated rings. The lowest BCUT2D eigenvalue weighted by Crippen LogP contribution is -2.23. The van der Waals surface area contributed by atoms with Crippen LogP contribution in [0.1, 0.15) is 36.0 Å². The van der Waals surface area contributed by atoms with Crippen LogP contribution in [0.5, 0.6) is 17.2 Å². The van der Waals surface area contributed by atoms with E-state index < -0.39 is 16.8 Å². The highest BCUT2D eigenvalue weighted by atomic mass is 32.2. The zero-order chi connectivity index (χ0) is 25.6.